The first-order chi connectivity index (χ1) is 37.0. The standard InChI is InChI=1S/C63H74N8O5/c1-37(2)57(66-36-72)61(73)70-53-12-8-6-10-47(53)32-55(70)59-64-34-51(67-59)45-26-22-43(23-27-45)49-30-39-14-18-41(49)19-15-40-17-21-42(20-16-39)50(31-40)44-24-28-46(29-25-44)52-35-65-60(68-52)56-33-48-11-7-9-13-54(48)71(56)62(74)58(38(3)4)69-63(75)76-5/h14,17-18,21-31,34-38,47-48,53-58H,6-13,15-16,19-20,32-33H2,1-5H3,(H,64,67)(H,65,68)(H,66,72)(H,69,75). The van der Waals surface area contributed by atoms with E-state index in [-0.39, 0.29) is 47.8 Å². The van der Waals surface area contributed by atoms with Crippen LogP contribution < -0.4 is 10.6 Å². The fourth-order valence-corrected chi connectivity index (χ4v) is 13.7. The van der Waals surface area contributed by atoms with Gasteiger partial charge in [0.05, 0.1) is 30.6 Å². The molecule has 13 nitrogen and oxygen atoms in total. The molecule has 4 N–H and O–H groups in total. The third-order valence-corrected chi connectivity index (χ3v) is 17.8. The van der Waals surface area contributed by atoms with Crippen molar-refractivity contribution in [3.05, 3.63) is 131 Å². The van der Waals surface area contributed by atoms with Gasteiger partial charge in [0, 0.05) is 35.6 Å². The predicted molar refractivity (Wildman–Crippen MR) is 296 cm³/mol. The number of amides is 4. The van der Waals surface area contributed by atoms with E-state index in [0.29, 0.717) is 18.2 Å². The number of likely N-dealkylation sites (tertiary alicyclic amines) is 2. The zero-order valence-corrected chi connectivity index (χ0v) is 44.8. The molecular formula is C63H74N8O5. The van der Waals surface area contributed by atoms with E-state index in [4.69, 9.17) is 14.7 Å². The Hall–Kier alpha value is -7.02. The number of carbonyl (C=O) groups excluding carboxylic acids is 4. The number of rotatable bonds is 13. The van der Waals surface area contributed by atoms with Gasteiger partial charge in [-0.3, -0.25) is 14.4 Å². The highest BCUT2D eigenvalue weighted by Gasteiger charge is 2.50. The molecule has 6 aliphatic carbocycles. The molecule has 6 aromatic rings. The Kier molecular flexibility index (Phi) is 14.7. The molecular weight excluding hydrogens is 949 g/mol. The summed E-state index contributed by atoms with van der Waals surface area (Å²) in [6, 6.07) is 30.3. The van der Waals surface area contributed by atoms with E-state index >= 15 is 0 Å². The first-order valence-corrected chi connectivity index (χ1v) is 28.2. The van der Waals surface area contributed by atoms with E-state index in [1.807, 2.05) is 45.0 Å². The maximum Gasteiger partial charge on any atom is 0.407 e. The lowest BCUT2D eigenvalue weighted by Crippen LogP contribution is -2.53. The molecule has 4 bridgehead atoms. The number of H-pyrrole nitrogens is 2. The first kappa shape index (κ1) is 51.1. The maximum absolute atomic E-state index is 14.4. The zero-order chi connectivity index (χ0) is 52.6. The van der Waals surface area contributed by atoms with E-state index in [9.17, 15) is 19.2 Å². The molecule has 396 valence electrons. The molecule has 2 aromatic heterocycles. The molecule has 4 aromatic carbocycles. The van der Waals surface area contributed by atoms with Gasteiger partial charge < -0.3 is 35.1 Å². The monoisotopic (exact) mass is 1020 g/mol. The van der Waals surface area contributed by atoms with Crippen molar-refractivity contribution >= 4 is 24.3 Å². The summed E-state index contributed by atoms with van der Waals surface area (Å²) in [5.41, 5.74) is 13.9. The lowest BCUT2D eigenvalue weighted by molar-refractivity contribution is -0.140. The minimum atomic E-state index is -0.685. The van der Waals surface area contributed by atoms with Crippen LogP contribution in [0.5, 0.6) is 0 Å². The Morgan fingerprint density at radius 2 is 1.03 bits per heavy atom. The number of nitrogens with zero attached hydrogens (tertiary/aromatic N) is 4. The smallest absolute Gasteiger partial charge is 0.407 e. The Morgan fingerprint density at radius 3 is 1.46 bits per heavy atom. The van der Waals surface area contributed by atoms with Crippen LogP contribution in [-0.2, 0) is 44.8 Å². The lowest BCUT2D eigenvalue weighted by atomic mass is 9.84. The molecule has 8 aliphatic rings. The number of hydrogen-bond acceptors (Lipinski definition) is 7. The average Bonchev–Trinajstić information content (AvgIpc) is 4.29. The van der Waals surface area contributed by atoms with Crippen LogP contribution in [0.1, 0.15) is 138 Å². The summed E-state index contributed by atoms with van der Waals surface area (Å²) >= 11 is 0. The van der Waals surface area contributed by atoms with Gasteiger partial charge in [-0.05, 0) is 132 Å². The van der Waals surface area contributed by atoms with Gasteiger partial charge in [0.25, 0.3) is 0 Å². The van der Waals surface area contributed by atoms with Crippen molar-refractivity contribution < 1.29 is 23.9 Å². The van der Waals surface area contributed by atoms with Gasteiger partial charge in [0.2, 0.25) is 18.2 Å². The van der Waals surface area contributed by atoms with Crippen molar-refractivity contribution in [2.45, 2.75) is 154 Å². The van der Waals surface area contributed by atoms with Crippen molar-refractivity contribution in [1.29, 1.82) is 0 Å². The van der Waals surface area contributed by atoms with Crippen molar-refractivity contribution in [2.24, 2.45) is 23.7 Å². The first-order valence-electron chi connectivity index (χ1n) is 28.2. The normalized spacial score (nSPS) is 22.9. The van der Waals surface area contributed by atoms with Crippen molar-refractivity contribution in [2.75, 3.05) is 7.11 Å². The van der Waals surface area contributed by atoms with Crippen LogP contribution in [-0.4, -0.2) is 85.3 Å². The van der Waals surface area contributed by atoms with Crippen molar-refractivity contribution in [3.63, 3.8) is 0 Å². The van der Waals surface area contributed by atoms with Crippen LogP contribution in [0.4, 0.5) is 4.79 Å². The highest BCUT2D eigenvalue weighted by atomic mass is 16.5. The van der Waals surface area contributed by atoms with E-state index in [0.717, 1.165) is 111 Å². The number of fused-ring (bicyclic) bond motifs is 2. The Labute approximate surface area is 447 Å². The van der Waals surface area contributed by atoms with Crippen LogP contribution in [0.2, 0.25) is 0 Å². The summed E-state index contributed by atoms with van der Waals surface area (Å²) in [5, 5.41) is 5.65. The fourth-order valence-electron chi connectivity index (χ4n) is 13.7. The molecule has 2 aliphatic heterocycles. The summed E-state index contributed by atoms with van der Waals surface area (Å²) in [7, 11) is 1.33. The summed E-state index contributed by atoms with van der Waals surface area (Å²) < 4.78 is 4.91. The third kappa shape index (κ3) is 10.1. The minimum Gasteiger partial charge on any atom is -0.453 e. The largest absolute Gasteiger partial charge is 0.453 e. The van der Waals surface area contributed by atoms with Gasteiger partial charge in [-0.25, -0.2) is 14.8 Å². The van der Waals surface area contributed by atoms with E-state index < -0.39 is 18.2 Å². The molecule has 76 heavy (non-hydrogen) atoms. The second-order valence-corrected chi connectivity index (χ2v) is 23.1. The van der Waals surface area contributed by atoms with E-state index in [2.05, 4.69) is 110 Å². The number of nitrogens with one attached hydrogen (secondary N) is 4. The number of imidazole rings is 2. The van der Waals surface area contributed by atoms with E-state index in [1.54, 1.807) is 0 Å². The van der Waals surface area contributed by atoms with Gasteiger partial charge in [-0.2, -0.15) is 0 Å². The number of alkyl carbamates (subject to hydrolysis) is 1. The predicted octanol–water partition coefficient (Wildman–Crippen LogP) is 11.5. The van der Waals surface area contributed by atoms with Gasteiger partial charge >= 0.3 is 6.09 Å². The molecule has 4 fully saturated rings. The Balaban J connectivity index is 0.785. The summed E-state index contributed by atoms with van der Waals surface area (Å²) in [4.78, 5) is 73.8. The van der Waals surface area contributed by atoms with Crippen LogP contribution >= 0.6 is 0 Å². The summed E-state index contributed by atoms with van der Waals surface area (Å²) in [5.74, 6) is 2.25. The van der Waals surface area contributed by atoms with Crippen LogP contribution in [0, 0.1) is 23.7 Å². The number of aromatic nitrogens is 4. The van der Waals surface area contributed by atoms with Crippen LogP contribution in [0.3, 0.4) is 0 Å². The van der Waals surface area contributed by atoms with Gasteiger partial charge in [0.1, 0.15) is 23.7 Å². The molecule has 13 heteroatoms. The van der Waals surface area contributed by atoms with Crippen LogP contribution in [0.15, 0.2) is 97.3 Å². The molecule has 4 heterocycles. The average molecular weight is 1020 g/mol. The number of benzene rings is 4. The Bertz CT molecular complexity index is 3070. The maximum atomic E-state index is 14.4. The topological polar surface area (TPSA) is 165 Å². The Morgan fingerprint density at radius 1 is 0.592 bits per heavy atom. The van der Waals surface area contributed by atoms with Crippen LogP contribution in [0.25, 0.3) is 44.8 Å². The second kappa shape index (κ2) is 21.9. The minimum absolute atomic E-state index is 0.00683. The zero-order valence-electron chi connectivity index (χ0n) is 44.8. The summed E-state index contributed by atoms with van der Waals surface area (Å²) in [6.45, 7) is 7.89. The van der Waals surface area contributed by atoms with E-state index in [1.165, 1.54) is 64.5 Å². The molecule has 8 atom stereocenters. The number of ether oxygens (including phenoxy) is 1. The highest BCUT2D eigenvalue weighted by Crippen LogP contribution is 2.48. The number of aromatic amines is 2. The molecule has 4 amide bonds. The molecule has 2 saturated heterocycles. The molecule has 2 saturated carbocycles. The molecule has 14 rings (SSSR count). The summed E-state index contributed by atoms with van der Waals surface area (Å²) in [6.07, 6.45) is 18.1. The van der Waals surface area contributed by atoms with Crippen molar-refractivity contribution in [3.8, 4) is 44.8 Å². The van der Waals surface area contributed by atoms with Crippen molar-refractivity contribution in [1.82, 2.24) is 40.4 Å². The lowest BCUT2D eigenvalue weighted by Gasteiger charge is -2.36. The number of hydrogen-bond donors (Lipinski definition) is 4. The third-order valence-electron chi connectivity index (χ3n) is 17.8. The highest BCUT2D eigenvalue weighted by molar-refractivity contribution is 5.87. The number of aryl methyl sites for hydroxylation is 4. The van der Waals surface area contributed by atoms with Gasteiger partial charge in [-0.1, -0.05) is 138 Å². The molecule has 8 unspecified atom stereocenters. The quantitative estimate of drug-likeness (QED) is 0.0836. The SMILES string of the molecule is COC(=O)NC(C(=O)N1C(c2nc(-c3ccc(-c4cc5ccc4CCc4ccc(c(-c6ccc(-c7c[nH]c(C8CC9CCCCC9N8C(=O)C(NC=O)C(C)C)n7)cc6)c4)CC5)cc3)c[nH]2)CC2CCCCC21)C(C)C. The van der Waals surface area contributed by atoms with Gasteiger partial charge in [-0.15, -0.1) is 0 Å². The fraction of sp³-hybridized carbons (Fsp3) is 0.460. The second-order valence-electron chi connectivity index (χ2n) is 23.1. The number of carbonyl (C=O) groups is 4. The molecule has 0 radical (unpaired) electrons. The molecule has 0 spiro atoms. The number of methoxy groups -OCH3 is 1. The van der Waals surface area contributed by atoms with Gasteiger partial charge in [0.15, 0.2) is 0 Å².